The summed E-state index contributed by atoms with van der Waals surface area (Å²) in [5.41, 5.74) is 10.7. The van der Waals surface area contributed by atoms with E-state index in [0.29, 0.717) is 6.42 Å². The van der Waals surface area contributed by atoms with E-state index in [4.69, 9.17) is 21.7 Å². The number of nitrogens with one attached hydrogen (secondary N) is 3. The first kappa shape index (κ1) is 27.8. The molecule has 31 heavy (non-hydrogen) atoms. The van der Waals surface area contributed by atoms with Gasteiger partial charge in [0, 0.05) is 6.42 Å². The predicted molar refractivity (Wildman–Crippen MR) is 107 cm³/mol. The van der Waals surface area contributed by atoms with Gasteiger partial charge in [0.25, 0.3) is 0 Å². The summed E-state index contributed by atoms with van der Waals surface area (Å²) in [5, 5.41) is 24.5. The number of hydrogen-bond acceptors (Lipinski definition) is 7. The van der Waals surface area contributed by atoms with Gasteiger partial charge in [0.05, 0.1) is 12.5 Å². The molecule has 5 unspecified atom stereocenters. The molecule has 0 aliphatic carbocycles. The SMILES string of the molecule is CCC(C)C(NC(=O)C(CC(N)=O)NC(=O)C(N)CCC(=O)O)C(=O)NC(C)C(=O)O. The zero-order valence-corrected chi connectivity index (χ0v) is 17.7. The second-order valence-corrected chi connectivity index (χ2v) is 7.21. The molecule has 0 aliphatic rings. The van der Waals surface area contributed by atoms with Crippen LogP contribution in [0.3, 0.4) is 0 Å². The lowest BCUT2D eigenvalue weighted by Gasteiger charge is -2.27. The Morgan fingerprint density at radius 3 is 1.94 bits per heavy atom. The predicted octanol–water partition coefficient (Wildman–Crippen LogP) is -2.34. The fourth-order valence-electron chi connectivity index (χ4n) is 2.42. The molecule has 0 aromatic heterocycles. The summed E-state index contributed by atoms with van der Waals surface area (Å²) >= 11 is 0. The molecule has 9 N–H and O–H groups in total. The molecule has 176 valence electrons. The summed E-state index contributed by atoms with van der Waals surface area (Å²) in [7, 11) is 0. The first-order valence-electron chi connectivity index (χ1n) is 9.69. The lowest BCUT2D eigenvalue weighted by molar-refractivity contribution is -0.142. The molecular weight excluding hydrogens is 414 g/mol. The van der Waals surface area contributed by atoms with E-state index in [2.05, 4.69) is 16.0 Å². The maximum atomic E-state index is 12.7. The van der Waals surface area contributed by atoms with Crippen molar-refractivity contribution in [3.05, 3.63) is 0 Å². The number of amides is 4. The van der Waals surface area contributed by atoms with Crippen LogP contribution in [0.25, 0.3) is 0 Å². The molecule has 13 nitrogen and oxygen atoms in total. The Morgan fingerprint density at radius 1 is 0.903 bits per heavy atom. The van der Waals surface area contributed by atoms with Gasteiger partial charge in [-0.05, 0) is 19.3 Å². The van der Waals surface area contributed by atoms with Gasteiger partial charge in [-0.3, -0.25) is 28.8 Å². The minimum absolute atomic E-state index is 0.197. The third-order valence-corrected chi connectivity index (χ3v) is 4.57. The second-order valence-electron chi connectivity index (χ2n) is 7.21. The van der Waals surface area contributed by atoms with Crippen LogP contribution in [-0.2, 0) is 28.8 Å². The van der Waals surface area contributed by atoms with Crippen LogP contribution in [0.4, 0.5) is 0 Å². The number of carboxylic acids is 2. The van der Waals surface area contributed by atoms with Gasteiger partial charge in [-0.1, -0.05) is 20.3 Å². The van der Waals surface area contributed by atoms with Crippen molar-refractivity contribution in [2.24, 2.45) is 17.4 Å². The lowest BCUT2D eigenvalue weighted by Crippen LogP contribution is -2.59. The van der Waals surface area contributed by atoms with E-state index in [-0.39, 0.29) is 12.8 Å². The second kappa shape index (κ2) is 13.2. The molecule has 0 spiro atoms. The number of nitrogens with two attached hydrogens (primary N) is 2. The molecule has 0 heterocycles. The van der Waals surface area contributed by atoms with Crippen molar-refractivity contribution in [2.75, 3.05) is 0 Å². The van der Waals surface area contributed by atoms with Gasteiger partial charge in [-0.25, -0.2) is 0 Å². The average molecular weight is 445 g/mol. The standard InChI is InChI=1S/C18H31N5O8/c1-4-8(2)14(17(29)21-9(3)18(30)31)23-16(28)11(7-12(20)24)22-15(27)10(19)5-6-13(25)26/h8-11,14H,4-7,19H2,1-3H3,(H2,20,24)(H,21,29)(H,22,27)(H,23,28)(H,25,26)(H,30,31). The number of carboxylic acid groups (broad SMARTS) is 2. The molecule has 0 aromatic rings. The monoisotopic (exact) mass is 445 g/mol. The minimum atomic E-state index is -1.46. The van der Waals surface area contributed by atoms with Crippen molar-refractivity contribution in [1.82, 2.24) is 16.0 Å². The van der Waals surface area contributed by atoms with Gasteiger partial charge in [0.1, 0.15) is 18.1 Å². The van der Waals surface area contributed by atoms with Crippen molar-refractivity contribution in [3.8, 4) is 0 Å². The fourth-order valence-corrected chi connectivity index (χ4v) is 2.42. The molecule has 13 heteroatoms. The molecule has 0 saturated carbocycles. The number of primary amides is 1. The number of hydrogen-bond donors (Lipinski definition) is 7. The molecular formula is C18H31N5O8. The van der Waals surface area contributed by atoms with Gasteiger partial charge in [-0.2, -0.15) is 0 Å². The third kappa shape index (κ3) is 10.4. The third-order valence-electron chi connectivity index (χ3n) is 4.57. The fraction of sp³-hybridized carbons (Fsp3) is 0.667. The minimum Gasteiger partial charge on any atom is -0.481 e. The van der Waals surface area contributed by atoms with E-state index in [1.165, 1.54) is 6.92 Å². The smallest absolute Gasteiger partial charge is 0.325 e. The normalized spacial score (nSPS) is 15.5. The van der Waals surface area contributed by atoms with E-state index in [9.17, 15) is 28.8 Å². The van der Waals surface area contributed by atoms with Crippen molar-refractivity contribution in [1.29, 1.82) is 0 Å². The quantitative estimate of drug-likeness (QED) is 0.151. The van der Waals surface area contributed by atoms with Crippen LogP contribution in [0.5, 0.6) is 0 Å². The Bertz CT molecular complexity index is 698. The summed E-state index contributed by atoms with van der Waals surface area (Å²) in [6.45, 7) is 4.66. The highest BCUT2D eigenvalue weighted by Crippen LogP contribution is 2.09. The molecule has 0 bridgehead atoms. The maximum Gasteiger partial charge on any atom is 0.325 e. The molecule has 0 fully saturated rings. The maximum absolute atomic E-state index is 12.7. The lowest BCUT2D eigenvalue weighted by atomic mass is 9.97. The number of rotatable bonds is 14. The van der Waals surface area contributed by atoms with Crippen LogP contribution in [0.15, 0.2) is 0 Å². The number of carbonyl (C=O) groups excluding carboxylic acids is 4. The molecule has 4 amide bonds. The van der Waals surface area contributed by atoms with E-state index in [1.807, 2.05) is 0 Å². The van der Waals surface area contributed by atoms with Gasteiger partial charge in [0.15, 0.2) is 0 Å². The summed E-state index contributed by atoms with van der Waals surface area (Å²) < 4.78 is 0. The first-order valence-corrected chi connectivity index (χ1v) is 9.69. The highest BCUT2D eigenvalue weighted by atomic mass is 16.4. The zero-order chi connectivity index (χ0) is 24.3. The van der Waals surface area contributed by atoms with Crippen molar-refractivity contribution < 1.29 is 39.0 Å². The molecule has 0 aromatic carbocycles. The van der Waals surface area contributed by atoms with Crippen molar-refractivity contribution in [2.45, 2.75) is 70.6 Å². The van der Waals surface area contributed by atoms with E-state index >= 15 is 0 Å². The van der Waals surface area contributed by atoms with Crippen LogP contribution >= 0.6 is 0 Å². The summed E-state index contributed by atoms with van der Waals surface area (Å²) in [5.74, 6) is -6.27. The Hall–Kier alpha value is -3.22. The topological polar surface area (TPSA) is 231 Å². The largest absolute Gasteiger partial charge is 0.481 e. The Labute approximate surface area is 179 Å². The van der Waals surface area contributed by atoms with Crippen molar-refractivity contribution >= 4 is 35.6 Å². The summed E-state index contributed by atoms with van der Waals surface area (Å²) in [6.07, 6.45) is -0.716. The molecule has 0 saturated heterocycles. The number of carbonyl (C=O) groups is 6. The number of aliphatic carboxylic acids is 2. The Kier molecular flexibility index (Phi) is 11.8. The van der Waals surface area contributed by atoms with Crippen molar-refractivity contribution in [3.63, 3.8) is 0 Å². The Morgan fingerprint density at radius 2 is 1.48 bits per heavy atom. The zero-order valence-electron chi connectivity index (χ0n) is 17.7. The van der Waals surface area contributed by atoms with E-state index in [1.54, 1.807) is 13.8 Å². The highest BCUT2D eigenvalue weighted by molar-refractivity contribution is 5.96. The van der Waals surface area contributed by atoms with Crippen LogP contribution in [0.1, 0.15) is 46.5 Å². The molecule has 0 rings (SSSR count). The van der Waals surface area contributed by atoms with E-state index < -0.39 is 72.1 Å². The molecule has 0 aliphatic heterocycles. The van der Waals surface area contributed by atoms with E-state index in [0.717, 1.165) is 0 Å². The van der Waals surface area contributed by atoms with Gasteiger partial charge < -0.3 is 37.6 Å². The Balaban J connectivity index is 5.39. The van der Waals surface area contributed by atoms with Crippen LogP contribution in [0.2, 0.25) is 0 Å². The van der Waals surface area contributed by atoms with Crippen LogP contribution in [0, 0.1) is 5.92 Å². The summed E-state index contributed by atoms with van der Waals surface area (Å²) in [6, 6.07) is -5.06. The molecule has 5 atom stereocenters. The summed E-state index contributed by atoms with van der Waals surface area (Å²) in [4.78, 5) is 70.3. The van der Waals surface area contributed by atoms with Gasteiger partial charge >= 0.3 is 11.9 Å². The highest BCUT2D eigenvalue weighted by Gasteiger charge is 2.32. The first-order chi connectivity index (χ1) is 14.3. The average Bonchev–Trinajstić information content (AvgIpc) is 2.67. The van der Waals surface area contributed by atoms with Crippen LogP contribution < -0.4 is 27.4 Å². The van der Waals surface area contributed by atoms with Gasteiger partial charge in [0.2, 0.25) is 23.6 Å². The van der Waals surface area contributed by atoms with Crippen LogP contribution in [-0.4, -0.2) is 69.9 Å². The molecule has 0 radical (unpaired) electrons. The van der Waals surface area contributed by atoms with Gasteiger partial charge in [-0.15, -0.1) is 0 Å².